The van der Waals surface area contributed by atoms with Gasteiger partial charge in [-0.05, 0) is 89.3 Å². The van der Waals surface area contributed by atoms with Gasteiger partial charge in [0.05, 0.1) is 16.8 Å². The van der Waals surface area contributed by atoms with Crippen LogP contribution in [0.25, 0.3) is 0 Å². The van der Waals surface area contributed by atoms with Gasteiger partial charge in [-0.15, -0.1) is 0 Å². The van der Waals surface area contributed by atoms with Crippen LogP contribution in [0.4, 0.5) is 5.69 Å². The molecule has 3 aromatic carbocycles. The zero-order chi connectivity index (χ0) is 20.8. The van der Waals surface area contributed by atoms with Crippen molar-refractivity contribution in [1.29, 1.82) is 0 Å². The smallest absolute Gasteiger partial charge is 0.175 e. The fourth-order valence-electron chi connectivity index (χ4n) is 2.87. The monoisotopic (exact) mass is 471 g/mol. The molecular weight excluding hydrogens is 450 g/mol. The highest BCUT2D eigenvalue weighted by atomic mass is 79.9. The molecule has 5 heteroatoms. The molecule has 0 aromatic heterocycles. The maximum absolute atomic E-state index is 6.06. The van der Waals surface area contributed by atoms with Crippen LogP contribution in [0.15, 0.2) is 64.1 Å². The molecule has 150 valence electrons. The van der Waals surface area contributed by atoms with Crippen LogP contribution in [-0.2, 0) is 6.61 Å². The van der Waals surface area contributed by atoms with Crippen LogP contribution in [0.5, 0.6) is 11.5 Å². The highest BCUT2D eigenvalue weighted by Crippen LogP contribution is 2.37. The predicted molar refractivity (Wildman–Crippen MR) is 124 cm³/mol. The summed E-state index contributed by atoms with van der Waals surface area (Å²) in [6.45, 7) is 7.05. The number of hydrogen-bond donors (Lipinski definition) is 0. The van der Waals surface area contributed by atoms with Crippen molar-refractivity contribution in [3.63, 3.8) is 0 Å². The molecule has 0 aliphatic carbocycles. The summed E-state index contributed by atoms with van der Waals surface area (Å²) in [5.41, 5.74) is 5.28. The topological polar surface area (TPSA) is 30.8 Å². The van der Waals surface area contributed by atoms with Gasteiger partial charge in [-0.2, -0.15) is 0 Å². The first-order valence-electron chi connectivity index (χ1n) is 9.41. The minimum Gasteiger partial charge on any atom is -0.490 e. The fourth-order valence-corrected chi connectivity index (χ4v) is 3.65. The van der Waals surface area contributed by atoms with E-state index in [0.29, 0.717) is 29.7 Å². The third-order valence-electron chi connectivity index (χ3n) is 4.53. The van der Waals surface area contributed by atoms with Crippen molar-refractivity contribution in [1.82, 2.24) is 0 Å². The molecule has 0 atom stereocenters. The van der Waals surface area contributed by atoms with E-state index >= 15 is 0 Å². The molecule has 3 aromatic rings. The van der Waals surface area contributed by atoms with Gasteiger partial charge in [0.1, 0.15) is 6.61 Å². The molecule has 0 bridgehead atoms. The number of aliphatic imine (C=N–C) groups is 1. The average Bonchev–Trinajstić information content (AvgIpc) is 2.69. The Morgan fingerprint density at radius 2 is 1.83 bits per heavy atom. The van der Waals surface area contributed by atoms with Gasteiger partial charge in [-0.1, -0.05) is 35.9 Å². The van der Waals surface area contributed by atoms with E-state index in [9.17, 15) is 0 Å². The Hall–Kier alpha value is -2.30. The number of nitrogens with zero attached hydrogens (tertiary/aromatic N) is 1. The van der Waals surface area contributed by atoms with Gasteiger partial charge in [-0.3, -0.25) is 4.99 Å². The third-order valence-corrected chi connectivity index (χ3v) is 5.36. The molecule has 0 saturated heterocycles. The predicted octanol–water partition coefficient (Wildman–Crippen LogP) is 7.45. The summed E-state index contributed by atoms with van der Waals surface area (Å²) >= 11 is 9.68. The number of rotatable bonds is 7. The van der Waals surface area contributed by atoms with Gasteiger partial charge >= 0.3 is 0 Å². The van der Waals surface area contributed by atoms with Crippen molar-refractivity contribution in [2.75, 3.05) is 6.61 Å². The van der Waals surface area contributed by atoms with E-state index in [1.807, 2.05) is 61.7 Å². The average molecular weight is 473 g/mol. The van der Waals surface area contributed by atoms with Gasteiger partial charge < -0.3 is 9.47 Å². The minimum absolute atomic E-state index is 0.398. The molecule has 0 N–H and O–H groups in total. The lowest BCUT2D eigenvalue weighted by Gasteiger charge is -2.15. The van der Waals surface area contributed by atoms with Crippen LogP contribution < -0.4 is 9.47 Å². The first kappa shape index (κ1) is 21.4. The van der Waals surface area contributed by atoms with Crippen molar-refractivity contribution in [3.8, 4) is 11.5 Å². The Morgan fingerprint density at radius 3 is 2.59 bits per heavy atom. The molecule has 29 heavy (non-hydrogen) atoms. The highest BCUT2D eigenvalue weighted by molar-refractivity contribution is 9.10. The van der Waals surface area contributed by atoms with Crippen molar-refractivity contribution in [2.45, 2.75) is 27.4 Å². The van der Waals surface area contributed by atoms with Crippen LogP contribution in [-0.4, -0.2) is 12.8 Å². The van der Waals surface area contributed by atoms with E-state index in [0.717, 1.165) is 21.3 Å². The van der Waals surface area contributed by atoms with Crippen molar-refractivity contribution in [3.05, 3.63) is 86.3 Å². The molecule has 0 heterocycles. The maximum atomic E-state index is 6.06. The van der Waals surface area contributed by atoms with Crippen molar-refractivity contribution >= 4 is 39.4 Å². The second-order valence-corrected chi connectivity index (χ2v) is 7.95. The summed E-state index contributed by atoms with van der Waals surface area (Å²) < 4.78 is 12.7. The lowest BCUT2D eigenvalue weighted by atomic mass is 10.1. The van der Waals surface area contributed by atoms with Gasteiger partial charge in [0, 0.05) is 11.2 Å². The van der Waals surface area contributed by atoms with Crippen LogP contribution >= 0.6 is 27.5 Å². The van der Waals surface area contributed by atoms with E-state index in [4.69, 9.17) is 21.1 Å². The maximum Gasteiger partial charge on any atom is 0.175 e. The summed E-state index contributed by atoms with van der Waals surface area (Å²) in [6.07, 6.45) is 1.84. The van der Waals surface area contributed by atoms with E-state index in [2.05, 4.69) is 40.8 Å². The van der Waals surface area contributed by atoms with Gasteiger partial charge in [0.2, 0.25) is 0 Å². The molecule has 3 nitrogen and oxygen atoms in total. The third kappa shape index (κ3) is 5.62. The molecule has 0 saturated carbocycles. The summed E-state index contributed by atoms with van der Waals surface area (Å²) in [4.78, 5) is 4.66. The Balaban J connectivity index is 1.85. The largest absolute Gasteiger partial charge is 0.490 e. The van der Waals surface area contributed by atoms with Crippen LogP contribution in [0.1, 0.15) is 29.2 Å². The fraction of sp³-hybridized carbons (Fsp3) is 0.208. The lowest BCUT2D eigenvalue weighted by molar-refractivity contribution is 0.267. The zero-order valence-electron chi connectivity index (χ0n) is 16.7. The molecule has 0 aliphatic heterocycles. The number of hydrogen-bond acceptors (Lipinski definition) is 3. The second-order valence-electron chi connectivity index (χ2n) is 6.66. The molecule has 0 fully saturated rings. The van der Waals surface area contributed by atoms with E-state index in [1.165, 1.54) is 11.1 Å². The van der Waals surface area contributed by atoms with Crippen LogP contribution in [0.3, 0.4) is 0 Å². The number of benzene rings is 3. The normalized spacial score (nSPS) is 11.1. The van der Waals surface area contributed by atoms with Crippen LogP contribution in [0.2, 0.25) is 5.02 Å². The molecule has 0 unspecified atom stereocenters. The van der Waals surface area contributed by atoms with E-state index < -0.39 is 0 Å². The van der Waals surface area contributed by atoms with Crippen molar-refractivity contribution < 1.29 is 9.47 Å². The Kier molecular flexibility index (Phi) is 7.34. The first-order chi connectivity index (χ1) is 14.0. The summed E-state index contributed by atoms with van der Waals surface area (Å²) in [6, 6.07) is 17.7. The summed E-state index contributed by atoms with van der Waals surface area (Å²) in [7, 11) is 0. The molecule has 3 rings (SSSR count). The summed E-state index contributed by atoms with van der Waals surface area (Å²) in [5, 5.41) is 0.688. The van der Waals surface area contributed by atoms with E-state index in [-0.39, 0.29) is 0 Å². The number of halogens is 2. The Morgan fingerprint density at radius 1 is 1.03 bits per heavy atom. The van der Waals surface area contributed by atoms with Gasteiger partial charge in [0.15, 0.2) is 11.5 Å². The van der Waals surface area contributed by atoms with Gasteiger partial charge in [0.25, 0.3) is 0 Å². The SMILES string of the molecule is CCOc1cc(C=Nc2cccc(C)c2C)cc(Br)c1OCc1cccc(Cl)c1. The quantitative estimate of drug-likeness (QED) is 0.334. The zero-order valence-corrected chi connectivity index (χ0v) is 19.0. The van der Waals surface area contributed by atoms with E-state index in [1.54, 1.807) is 0 Å². The first-order valence-corrected chi connectivity index (χ1v) is 10.6. The van der Waals surface area contributed by atoms with Crippen LogP contribution in [0, 0.1) is 13.8 Å². The molecule has 0 radical (unpaired) electrons. The lowest BCUT2D eigenvalue weighted by Crippen LogP contribution is -2.01. The van der Waals surface area contributed by atoms with Crippen molar-refractivity contribution in [2.24, 2.45) is 4.99 Å². The molecule has 0 aliphatic rings. The number of aryl methyl sites for hydroxylation is 1. The van der Waals surface area contributed by atoms with Gasteiger partial charge in [-0.25, -0.2) is 0 Å². The Bertz CT molecular complexity index is 1030. The molecular formula is C24H23BrClNO2. The summed E-state index contributed by atoms with van der Waals surface area (Å²) in [5.74, 6) is 1.34. The number of ether oxygens (including phenoxy) is 2. The molecule has 0 spiro atoms. The molecule has 0 amide bonds. The minimum atomic E-state index is 0.398. The standard InChI is InChI=1S/C24H23BrClNO2/c1-4-28-23-13-19(14-27-22-10-5-7-16(2)17(22)3)12-21(25)24(23)29-15-18-8-6-9-20(26)11-18/h5-14H,4,15H2,1-3H3. The highest BCUT2D eigenvalue weighted by Gasteiger charge is 2.12. The second kappa shape index (κ2) is 9.95. The Labute approximate surface area is 185 Å².